The fraction of sp³-hybridized carbons (Fsp3) is 0.520. The number of para-hydroxylation sites is 1. The molecule has 0 aliphatic carbocycles. The van der Waals surface area contributed by atoms with E-state index in [0.717, 1.165) is 50.5 Å². The van der Waals surface area contributed by atoms with Crippen LogP contribution in [0.4, 0.5) is 0 Å². The Labute approximate surface area is 179 Å². The van der Waals surface area contributed by atoms with Crippen molar-refractivity contribution in [1.82, 2.24) is 14.8 Å². The maximum atomic E-state index is 12.6. The molecule has 0 bridgehead atoms. The topological polar surface area (TPSA) is 45.7 Å². The van der Waals surface area contributed by atoms with E-state index in [0.29, 0.717) is 11.8 Å². The summed E-state index contributed by atoms with van der Waals surface area (Å²) >= 11 is 0. The minimum Gasteiger partial charge on any atom is -0.487 e. The lowest BCUT2D eigenvalue weighted by atomic mass is 9.71. The Balaban J connectivity index is 1.13. The predicted octanol–water partition coefficient (Wildman–Crippen LogP) is 3.46. The van der Waals surface area contributed by atoms with E-state index in [9.17, 15) is 4.79 Å². The van der Waals surface area contributed by atoms with Crippen LogP contribution in [-0.4, -0.2) is 52.5 Å². The maximum Gasteiger partial charge on any atom is 0.227 e. The first kappa shape index (κ1) is 19.6. The van der Waals surface area contributed by atoms with Gasteiger partial charge in [0.2, 0.25) is 5.91 Å². The number of rotatable bonds is 4. The first-order valence-corrected chi connectivity index (χ1v) is 11.1. The number of benzene rings is 1. The average molecular weight is 406 g/mol. The molecule has 1 spiro atoms. The van der Waals surface area contributed by atoms with E-state index in [1.54, 1.807) is 12.4 Å². The van der Waals surface area contributed by atoms with Crippen LogP contribution in [0.2, 0.25) is 0 Å². The number of hydrogen-bond acceptors (Lipinski definition) is 4. The summed E-state index contributed by atoms with van der Waals surface area (Å²) in [5.41, 5.74) is 3.95. The molecule has 5 nitrogen and oxygen atoms in total. The number of hydrogen-bond donors (Lipinski definition) is 0. The van der Waals surface area contributed by atoms with Crippen LogP contribution in [0, 0.1) is 5.41 Å². The van der Waals surface area contributed by atoms with Crippen molar-refractivity contribution in [3.8, 4) is 5.75 Å². The number of pyridine rings is 1. The zero-order valence-electron chi connectivity index (χ0n) is 18.1. The van der Waals surface area contributed by atoms with Gasteiger partial charge in [-0.25, -0.2) is 0 Å². The van der Waals surface area contributed by atoms with Crippen molar-refractivity contribution in [2.24, 2.45) is 5.41 Å². The molecule has 3 aliphatic heterocycles. The third-order valence-electron chi connectivity index (χ3n) is 6.99. The van der Waals surface area contributed by atoms with E-state index in [4.69, 9.17) is 4.74 Å². The molecule has 0 unspecified atom stereocenters. The van der Waals surface area contributed by atoms with E-state index in [1.807, 2.05) is 17.0 Å². The van der Waals surface area contributed by atoms with Gasteiger partial charge in [-0.1, -0.05) is 18.2 Å². The highest BCUT2D eigenvalue weighted by atomic mass is 16.5. The molecule has 0 atom stereocenters. The van der Waals surface area contributed by atoms with Crippen molar-refractivity contribution in [3.63, 3.8) is 0 Å². The molecule has 1 amide bonds. The zero-order chi connectivity index (χ0) is 20.8. The molecule has 3 aliphatic rings. The SMILES string of the molecule is CC1(C)Cc2cccc(CN3CCC4(CC3)CN(C(=O)Cc3ccncc3)C4)c2O1. The number of nitrogens with zero attached hydrogens (tertiary/aromatic N) is 3. The van der Waals surface area contributed by atoms with Gasteiger partial charge in [0.25, 0.3) is 0 Å². The van der Waals surface area contributed by atoms with E-state index in [2.05, 4.69) is 41.9 Å². The molecule has 158 valence electrons. The van der Waals surface area contributed by atoms with Gasteiger partial charge in [-0.15, -0.1) is 0 Å². The number of piperidine rings is 1. The molecular weight excluding hydrogens is 374 g/mol. The third kappa shape index (κ3) is 3.83. The summed E-state index contributed by atoms with van der Waals surface area (Å²) < 4.78 is 6.25. The van der Waals surface area contributed by atoms with Crippen molar-refractivity contribution in [2.45, 2.75) is 51.7 Å². The molecule has 30 heavy (non-hydrogen) atoms. The van der Waals surface area contributed by atoms with Gasteiger partial charge in [-0.05, 0) is 63.0 Å². The number of amides is 1. The fourth-order valence-electron chi connectivity index (χ4n) is 5.27. The molecule has 1 aromatic carbocycles. The van der Waals surface area contributed by atoms with Gasteiger partial charge in [-0.2, -0.15) is 0 Å². The number of carbonyl (C=O) groups is 1. The monoisotopic (exact) mass is 405 g/mol. The Morgan fingerprint density at radius 1 is 1.10 bits per heavy atom. The van der Waals surface area contributed by atoms with E-state index in [1.165, 1.54) is 24.0 Å². The Kier molecular flexibility index (Phi) is 4.81. The molecule has 2 aromatic rings. The van der Waals surface area contributed by atoms with Crippen LogP contribution in [0.15, 0.2) is 42.7 Å². The Bertz CT molecular complexity index is 925. The lowest BCUT2D eigenvalue weighted by molar-refractivity contribution is -0.146. The maximum absolute atomic E-state index is 12.6. The van der Waals surface area contributed by atoms with Gasteiger partial charge in [-0.3, -0.25) is 14.7 Å². The molecule has 2 fully saturated rings. The normalized spacial score (nSPS) is 21.7. The number of ether oxygens (including phenoxy) is 1. The van der Waals surface area contributed by atoms with Gasteiger partial charge in [0.15, 0.2) is 0 Å². The van der Waals surface area contributed by atoms with Crippen molar-refractivity contribution >= 4 is 5.91 Å². The summed E-state index contributed by atoms with van der Waals surface area (Å²) in [5, 5.41) is 0. The Hall–Kier alpha value is -2.40. The van der Waals surface area contributed by atoms with E-state index < -0.39 is 0 Å². The van der Waals surface area contributed by atoms with Crippen LogP contribution in [-0.2, 0) is 24.2 Å². The van der Waals surface area contributed by atoms with Gasteiger partial charge in [0, 0.05) is 49.4 Å². The highest BCUT2D eigenvalue weighted by molar-refractivity contribution is 5.79. The first-order chi connectivity index (χ1) is 14.4. The molecule has 2 saturated heterocycles. The number of likely N-dealkylation sites (tertiary alicyclic amines) is 2. The van der Waals surface area contributed by atoms with Crippen molar-refractivity contribution in [1.29, 1.82) is 0 Å². The van der Waals surface area contributed by atoms with Crippen LogP contribution in [0.5, 0.6) is 5.75 Å². The second-order valence-electron chi connectivity index (χ2n) is 10.0. The Morgan fingerprint density at radius 3 is 2.57 bits per heavy atom. The lowest BCUT2D eigenvalue weighted by Crippen LogP contribution is -2.62. The molecule has 5 heteroatoms. The summed E-state index contributed by atoms with van der Waals surface area (Å²) in [4.78, 5) is 21.2. The van der Waals surface area contributed by atoms with Crippen LogP contribution in [0.1, 0.15) is 43.4 Å². The smallest absolute Gasteiger partial charge is 0.227 e. The van der Waals surface area contributed by atoms with Crippen LogP contribution in [0.3, 0.4) is 0 Å². The Morgan fingerprint density at radius 2 is 1.83 bits per heavy atom. The van der Waals surface area contributed by atoms with Gasteiger partial charge < -0.3 is 9.64 Å². The largest absolute Gasteiger partial charge is 0.487 e. The highest BCUT2D eigenvalue weighted by Crippen LogP contribution is 2.42. The molecule has 0 radical (unpaired) electrons. The van der Waals surface area contributed by atoms with Gasteiger partial charge >= 0.3 is 0 Å². The molecule has 5 rings (SSSR count). The molecule has 0 N–H and O–H groups in total. The molecule has 1 aromatic heterocycles. The summed E-state index contributed by atoms with van der Waals surface area (Å²) in [6.07, 6.45) is 7.33. The van der Waals surface area contributed by atoms with Crippen molar-refractivity contribution in [3.05, 3.63) is 59.4 Å². The van der Waals surface area contributed by atoms with E-state index in [-0.39, 0.29) is 11.5 Å². The van der Waals surface area contributed by atoms with Gasteiger partial charge in [0.05, 0.1) is 6.42 Å². The quantitative estimate of drug-likeness (QED) is 0.782. The predicted molar refractivity (Wildman–Crippen MR) is 116 cm³/mol. The third-order valence-corrected chi connectivity index (χ3v) is 6.99. The second-order valence-corrected chi connectivity index (χ2v) is 10.0. The lowest BCUT2D eigenvalue weighted by Gasteiger charge is -2.54. The van der Waals surface area contributed by atoms with Crippen LogP contribution in [0.25, 0.3) is 0 Å². The molecule has 4 heterocycles. The summed E-state index contributed by atoms with van der Waals surface area (Å²) in [6.45, 7) is 9.32. The van der Waals surface area contributed by atoms with E-state index >= 15 is 0 Å². The standard InChI is InChI=1S/C25H31N3O2/c1-24(2)15-20-4-3-5-21(23(20)30-24)16-27-12-8-25(9-13-27)17-28(18-25)22(29)14-19-6-10-26-11-7-19/h3-7,10-11H,8-9,12-18H2,1-2H3. The van der Waals surface area contributed by atoms with Gasteiger partial charge in [0.1, 0.15) is 11.4 Å². The minimum absolute atomic E-state index is 0.0947. The average Bonchev–Trinajstić information content (AvgIpc) is 3.02. The van der Waals surface area contributed by atoms with Crippen LogP contribution < -0.4 is 4.74 Å². The number of aromatic nitrogens is 1. The van der Waals surface area contributed by atoms with Crippen molar-refractivity contribution < 1.29 is 9.53 Å². The molecule has 0 saturated carbocycles. The highest BCUT2D eigenvalue weighted by Gasteiger charge is 2.46. The minimum atomic E-state index is -0.0947. The summed E-state index contributed by atoms with van der Waals surface area (Å²) in [6, 6.07) is 10.4. The second kappa shape index (κ2) is 7.38. The zero-order valence-corrected chi connectivity index (χ0v) is 18.1. The first-order valence-electron chi connectivity index (χ1n) is 11.1. The molecular formula is C25H31N3O2. The fourth-order valence-corrected chi connectivity index (χ4v) is 5.27. The van der Waals surface area contributed by atoms with Crippen LogP contribution >= 0.6 is 0 Å². The summed E-state index contributed by atoms with van der Waals surface area (Å²) in [7, 11) is 0. The van der Waals surface area contributed by atoms with Crippen molar-refractivity contribution in [2.75, 3.05) is 26.2 Å². The summed E-state index contributed by atoms with van der Waals surface area (Å²) in [5.74, 6) is 1.35. The number of carbonyl (C=O) groups excluding carboxylic acids is 1. The number of fused-ring (bicyclic) bond motifs is 1.